The van der Waals surface area contributed by atoms with Crippen molar-refractivity contribution < 1.29 is 14.3 Å². The number of carbonyl (C=O) groups is 1. The first kappa shape index (κ1) is 27.0. The van der Waals surface area contributed by atoms with Crippen LogP contribution in [0.15, 0.2) is 66.5 Å². The second-order valence-corrected chi connectivity index (χ2v) is 10.1. The molecule has 1 aliphatic heterocycles. The summed E-state index contributed by atoms with van der Waals surface area (Å²) in [5.41, 5.74) is 5.69. The van der Waals surface area contributed by atoms with E-state index >= 15 is 0 Å². The van der Waals surface area contributed by atoms with Crippen LogP contribution in [0, 0.1) is 11.3 Å². The Balaban J connectivity index is 1.38. The van der Waals surface area contributed by atoms with Crippen LogP contribution in [0.2, 0.25) is 0 Å². The van der Waals surface area contributed by atoms with E-state index in [4.69, 9.17) is 9.47 Å². The van der Waals surface area contributed by atoms with E-state index in [1.54, 1.807) is 44.8 Å². The molecule has 1 saturated heterocycles. The summed E-state index contributed by atoms with van der Waals surface area (Å²) >= 11 is 0. The number of aromatic amines is 1. The molecule has 1 aliphatic rings. The number of nitrogens with one attached hydrogen (secondary N) is 2. The van der Waals surface area contributed by atoms with Crippen molar-refractivity contribution in [2.45, 2.75) is 25.3 Å². The van der Waals surface area contributed by atoms with Crippen molar-refractivity contribution in [3.05, 3.63) is 83.2 Å². The van der Waals surface area contributed by atoms with Crippen LogP contribution in [0.5, 0.6) is 11.5 Å². The zero-order chi connectivity index (χ0) is 28.1. The number of hydrogen-bond acceptors (Lipinski definition) is 6. The number of ether oxygens (including phenoxy) is 2. The molecule has 0 spiro atoms. The molecule has 5 rings (SSSR count). The minimum atomic E-state index is -0.459. The van der Waals surface area contributed by atoms with Crippen molar-refractivity contribution in [2.24, 2.45) is 0 Å². The zero-order valence-electron chi connectivity index (χ0n) is 23.0. The van der Waals surface area contributed by atoms with Crippen molar-refractivity contribution in [1.29, 1.82) is 5.26 Å². The van der Waals surface area contributed by atoms with Crippen molar-refractivity contribution in [3.8, 4) is 28.7 Å². The summed E-state index contributed by atoms with van der Waals surface area (Å²) in [6.07, 6.45) is 7.52. The Morgan fingerprint density at radius 2 is 1.88 bits per heavy atom. The molecule has 2 aromatic carbocycles. The third kappa shape index (κ3) is 5.70. The smallest absolute Gasteiger partial charge is 0.262 e. The molecule has 0 bridgehead atoms. The Kier molecular flexibility index (Phi) is 8.13. The minimum Gasteiger partial charge on any atom is -0.493 e. The fraction of sp³-hybridized carbons (Fsp3) is 0.281. The van der Waals surface area contributed by atoms with Gasteiger partial charge in [0.25, 0.3) is 5.91 Å². The highest BCUT2D eigenvalue weighted by Crippen LogP contribution is 2.34. The molecule has 0 aliphatic carbocycles. The number of hydrogen-bond donors (Lipinski definition) is 2. The Bertz CT molecular complexity index is 1570. The molecule has 3 heterocycles. The fourth-order valence-corrected chi connectivity index (χ4v) is 5.29. The summed E-state index contributed by atoms with van der Waals surface area (Å²) < 4.78 is 10.6. The molecule has 0 unspecified atom stereocenters. The number of piperidine rings is 1. The molecular formula is C32H33N5O3. The molecule has 1 fully saturated rings. The summed E-state index contributed by atoms with van der Waals surface area (Å²) in [6.45, 7) is 2.49. The predicted octanol–water partition coefficient (Wildman–Crippen LogP) is 5.28. The lowest BCUT2D eigenvalue weighted by molar-refractivity contribution is -0.117. The number of methoxy groups -OCH3 is 2. The summed E-state index contributed by atoms with van der Waals surface area (Å²) in [7, 11) is 5.31. The third-order valence-electron chi connectivity index (χ3n) is 7.58. The normalized spacial score (nSPS) is 14.6. The van der Waals surface area contributed by atoms with E-state index in [9.17, 15) is 10.1 Å². The Hall–Kier alpha value is -4.61. The van der Waals surface area contributed by atoms with Gasteiger partial charge in [0.2, 0.25) is 0 Å². The van der Waals surface area contributed by atoms with E-state index in [2.05, 4.69) is 57.6 Å². The highest BCUT2D eigenvalue weighted by atomic mass is 16.5. The molecule has 4 aromatic rings. The van der Waals surface area contributed by atoms with Crippen LogP contribution in [0.4, 0.5) is 0 Å². The van der Waals surface area contributed by atoms with Crippen molar-refractivity contribution in [3.63, 3.8) is 0 Å². The quantitative estimate of drug-likeness (QED) is 0.235. The van der Waals surface area contributed by atoms with Crippen LogP contribution in [-0.4, -0.2) is 55.1 Å². The first-order valence-electron chi connectivity index (χ1n) is 13.4. The largest absolute Gasteiger partial charge is 0.493 e. The van der Waals surface area contributed by atoms with E-state index in [0.29, 0.717) is 23.1 Å². The van der Waals surface area contributed by atoms with Crippen molar-refractivity contribution >= 4 is 23.0 Å². The summed E-state index contributed by atoms with van der Waals surface area (Å²) in [4.78, 5) is 23.0. The Labute approximate surface area is 234 Å². The van der Waals surface area contributed by atoms with Gasteiger partial charge in [0, 0.05) is 29.9 Å². The predicted molar refractivity (Wildman–Crippen MR) is 156 cm³/mol. The average Bonchev–Trinajstić information content (AvgIpc) is 3.42. The van der Waals surface area contributed by atoms with Gasteiger partial charge in [-0.3, -0.25) is 4.79 Å². The van der Waals surface area contributed by atoms with Crippen molar-refractivity contribution in [1.82, 2.24) is 20.2 Å². The summed E-state index contributed by atoms with van der Waals surface area (Å²) in [5.74, 6) is 1.31. The van der Waals surface area contributed by atoms with E-state index in [1.165, 1.54) is 18.4 Å². The molecule has 40 heavy (non-hydrogen) atoms. The Morgan fingerprint density at radius 1 is 1.12 bits per heavy atom. The number of likely N-dealkylation sites (tertiary alicyclic amines) is 1. The lowest BCUT2D eigenvalue weighted by atomic mass is 9.88. The Morgan fingerprint density at radius 3 is 2.58 bits per heavy atom. The fourth-order valence-electron chi connectivity index (χ4n) is 5.29. The van der Waals surface area contributed by atoms with Gasteiger partial charge in [-0.05, 0) is 85.4 Å². The van der Waals surface area contributed by atoms with Crippen LogP contribution in [-0.2, 0) is 11.3 Å². The maximum Gasteiger partial charge on any atom is 0.262 e. The minimum absolute atomic E-state index is 0.00814. The monoisotopic (exact) mass is 535 g/mol. The van der Waals surface area contributed by atoms with Gasteiger partial charge in [-0.2, -0.15) is 5.26 Å². The molecule has 0 saturated carbocycles. The summed E-state index contributed by atoms with van der Waals surface area (Å²) in [6, 6.07) is 18.2. The molecule has 8 heteroatoms. The molecule has 0 atom stereocenters. The van der Waals surface area contributed by atoms with E-state index in [0.717, 1.165) is 40.7 Å². The van der Waals surface area contributed by atoms with Crippen LogP contribution < -0.4 is 14.8 Å². The van der Waals surface area contributed by atoms with Gasteiger partial charge in [-0.25, -0.2) is 4.98 Å². The average molecular weight is 536 g/mol. The number of fused-ring (bicyclic) bond motifs is 1. The molecule has 0 radical (unpaired) electrons. The number of nitriles is 1. The van der Waals surface area contributed by atoms with Crippen LogP contribution in [0.1, 0.15) is 35.4 Å². The topological polar surface area (TPSA) is 103 Å². The molecule has 1 amide bonds. The third-order valence-corrected chi connectivity index (χ3v) is 7.58. The van der Waals surface area contributed by atoms with Gasteiger partial charge in [-0.15, -0.1) is 0 Å². The molecule has 2 N–H and O–H groups in total. The van der Waals surface area contributed by atoms with Crippen LogP contribution >= 0.6 is 0 Å². The van der Waals surface area contributed by atoms with E-state index in [-0.39, 0.29) is 12.1 Å². The van der Waals surface area contributed by atoms with Crippen molar-refractivity contribution in [2.75, 3.05) is 34.4 Å². The van der Waals surface area contributed by atoms with Gasteiger partial charge in [0.15, 0.2) is 11.5 Å². The highest BCUT2D eigenvalue weighted by Gasteiger charge is 2.19. The number of aromatic nitrogens is 2. The maximum absolute atomic E-state index is 13.0. The lowest BCUT2D eigenvalue weighted by Gasteiger charge is -2.29. The molecule has 2 aromatic heterocycles. The number of H-pyrrole nitrogens is 1. The highest BCUT2D eigenvalue weighted by molar-refractivity contribution is 6.06. The van der Waals surface area contributed by atoms with E-state index in [1.807, 2.05) is 12.1 Å². The van der Waals surface area contributed by atoms with Gasteiger partial charge in [0.05, 0.1) is 14.2 Å². The number of amides is 1. The number of rotatable bonds is 8. The second kappa shape index (κ2) is 12.1. The molecular weight excluding hydrogens is 502 g/mol. The lowest BCUT2D eigenvalue weighted by Crippen LogP contribution is -2.29. The van der Waals surface area contributed by atoms with Gasteiger partial charge < -0.3 is 24.7 Å². The summed E-state index contributed by atoms with van der Waals surface area (Å²) in [5, 5.41) is 13.5. The van der Waals surface area contributed by atoms with Crippen LogP contribution in [0.25, 0.3) is 28.2 Å². The second-order valence-electron chi connectivity index (χ2n) is 10.1. The zero-order valence-corrected chi connectivity index (χ0v) is 23.0. The number of pyridine rings is 1. The van der Waals surface area contributed by atoms with Gasteiger partial charge in [0.1, 0.15) is 17.3 Å². The molecule has 8 nitrogen and oxygen atoms in total. The van der Waals surface area contributed by atoms with Gasteiger partial charge in [-0.1, -0.05) is 30.3 Å². The van der Waals surface area contributed by atoms with Gasteiger partial charge >= 0.3 is 0 Å². The molecule has 204 valence electrons. The van der Waals surface area contributed by atoms with Crippen LogP contribution in [0.3, 0.4) is 0 Å². The number of nitrogens with zero attached hydrogens (tertiary/aromatic N) is 3. The maximum atomic E-state index is 13.0. The number of benzene rings is 2. The first-order chi connectivity index (χ1) is 19.5. The van der Waals surface area contributed by atoms with E-state index < -0.39 is 5.91 Å². The number of carbonyl (C=O) groups excluding carboxylic acids is 1. The first-order valence-corrected chi connectivity index (χ1v) is 13.4. The standard InChI is InChI=1S/C32H33N5O3/c1-37-14-11-23(12-15-37)22-5-7-24(8-6-22)27-10-13-34-31-30(27)26(20-35-31)17-25(18-33)32(38)36-19-21-4-9-28(39-2)29(16-21)40-3/h4-10,13,16-17,20,23H,11-12,14-15,19H2,1-3H3,(H,34,35)(H,36,38)/b25-17+. The SMILES string of the molecule is COc1ccc(CNC(=O)/C(C#N)=C/c2c[nH]c3nccc(-c4ccc(C5CCN(C)CC5)cc4)c23)cc1OC.